The van der Waals surface area contributed by atoms with Crippen molar-refractivity contribution in [1.82, 2.24) is 19.5 Å². The monoisotopic (exact) mass is 459 g/mol. The highest BCUT2D eigenvalue weighted by Crippen LogP contribution is 2.35. The van der Waals surface area contributed by atoms with Gasteiger partial charge in [-0.15, -0.1) is 0 Å². The van der Waals surface area contributed by atoms with Gasteiger partial charge in [-0.1, -0.05) is 11.6 Å². The molecule has 0 aliphatic carbocycles. The van der Waals surface area contributed by atoms with Crippen LogP contribution in [0.1, 0.15) is 31.4 Å². The van der Waals surface area contributed by atoms with Crippen LogP contribution in [0.4, 0.5) is 17.2 Å². The minimum atomic E-state index is -0.388. The predicted molar refractivity (Wildman–Crippen MR) is 132 cm³/mol. The highest BCUT2D eigenvalue weighted by Gasteiger charge is 2.25. The van der Waals surface area contributed by atoms with Crippen molar-refractivity contribution >= 4 is 39.0 Å². The summed E-state index contributed by atoms with van der Waals surface area (Å²) in [6.45, 7) is 5.75. The van der Waals surface area contributed by atoms with E-state index in [4.69, 9.17) is 0 Å². The standard InChI is InChI=1S/C24H25N7O3/c1-3-25-21-12-20-17(11-22(21)31(33)34)23(27-13-26-20)29-8-6-16(7-9-29)30-14-28-19-5-4-15(2)10-18(19)24(30)32/h4-5,10-14,16,25H,3,6-9H2,1-2H3. The molecule has 3 heterocycles. The van der Waals surface area contributed by atoms with Crippen molar-refractivity contribution < 1.29 is 4.92 Å². The average Bonchev–Trinajstić information content (AvgIpc) is 2.84. The maximum atomic E-state index is 13.1. The molecule has 2 aromatic carbocycles. The van der Waals surface area contributed by atoms with Crippen LogP contribution in [0.5, 0.6) is 0 Å². The molecule has 1 fully saturated rings. The summed E-state index contributed by atoms with van der Waals surface area (Å²) in [6.07, 6.45) is 4.61. The second-order valence-corrected chi connectivity index (χ2v) is 8.57. The van der Waals surface area contributed by atoms with E-state index in [9.17, 15) is 14.9 Å². The van der Waals surface area contributed by atoms with E-state index >= 15 is 0 Å². The van der Waals surface area contributed by atoms with Crippen molar-refractivity contribution in [3.05, 3.63) is 69.0 Å². The molecule has 1 N–H and O–H groups in total. The zero-order chi connectivity index (χ0) is 23.8. The van der Waals surface area contributed by atoms with E-state index in [-0.39, 0.29) is 22.2 Å². The number of nitro benzene ring substituents is 1. The summed E-state index contributed by atoms with van der Waals surface area (Å²) in [7, 11) is 0. The lowest BCUT2D eigenvalue weighted by molar-refractivity contribution is -0.383. The van der Waals surface area contributed by atoms with Gasteiger partial charge in [-0.25, -0.2) is 15.0 Å². The number of rotatable bonds is 5. The quantitative estimate of drug-likeness (QED) is 0.353. The molecule has 2 aromatic heterocycles. The first-order valence-corrected chi connectivity index (χ1v) is 11.4. The van der Waals surface area contributed by atoms with E-state index in [2.05, 4.69) is 25.2 Å². The fourth-order valence-electron chi connectivity index (χ4n) is 4.68. The summed E-state index contributed by atoms with van der Waals surface area (Å²) in [4.78, 5) is 39.8. The zero-order valence-corrected chi connectivity index (χ0v) is 19.1. The number of nitrogens with one attached hydrogen (secondary N) is 1. The Balaban J connectivity index is 1.44. The lowest BCUT2D eigenvalue weighted by Crippen LogP contribution is -2.38. The molecule has 5 rings (SSSR count). The molecule has 34 heavy (non-hydrogen) atoms. The Morgan fingerprint density at radius 2 is 1.88 bits per heavy atom. The summed E-state index contributed by atoms with van der Waals surface area (Å²) in [5, 5.41) is 16.0. The van der Waals surface area contributed by atoms with Gasteiger partial charge in [-0.05, 0) is 44.9 Å². The van der Waals surface area contributed by atoms with Gasteiger partial charge in [-0.3, -0.25) is 19.5 Å². The third-order valence-corrected chi connectivity index (χ3v) is 6.39. The number of benzene rings is 2. The summed E-state index contributed by atoms with van der Waals surface area (Å²) in [5.41, 5.74) is 2.81. The molecule has 0 amide bonds. The molecule has 0 unspecified atom stereocenters. The Hall–Kier alpha value is -4.08. The number of hydrogen-bond donors (Lipinski definition) is 1. The summed E-state index contributed by atoms with van der Waals surface area (Å²) in [5.74, 6) is 0.675. The first kappa shape index (κ1) is 21.7. The third kappa shape index (κ3) is 3.81. The van der Waals surface area contributed by atoms with E-state index in [0.29, 0.717) is 52.9 Å². The van der Waals surface area contributed by atoms with Crippen LogP contribution in [0.15, 0.2) is 47.8 Å². The predicted octanol–water partition coefficient (Wildman–Crippen LogP) is 3.83. The molecule has 174 valence electrons. The molecule has 1 aliphatic heterocycles. The fourth-order valence-corrected chi connectivity index (χ4v) is 4.68. The average molecular weight is 460 g/mol. The van der Waals surface area contributed by atoms with Crippen molar-refractivity contribution in [2.24, 2.45) is 0 Å². The highest BCUT2D eigenvalue weighted by molar-refractivity contribution is 5.95. The van der Waals surface area contributed by atoms with Crippen LogP contribution in [-0.4, -0.2) is 44.1 Å². The van der Waals surface area contributed by atoms with E-state index in [1.807, 2.05) is 32.0 Å². The van der Waals surface area contributed by atoms with Crippen LogP contribution in [0, 0.1) is 17.0 Å². The van der Waals surface area contributed by atoms with Gasteiger partial charge in [0.15, 0.2) is 0 Å². The molecule has 1 aliphatic rings. The first-order chi connectivity index (χ1) is 16.5. The fraction of sp³-hybridized carbons (Fsp3) is 0.333. The Kier molecular flexibility index (Phi) is 5.56. The summed E-state index contributed by atoms with van der Waals surface area (Å²) < 4.78 is 1.74. The maximum Gasteiger partial charge on any atom is 0.293 e. The van der Waals surface area contributed by atoms with Gasteiger partial charge in [0.2, 0.25) is 0 Å². The molecular weight excluding hydrogens is 434 g/mol. The lowest BCUT2D eigenvalue weighted by atomic mass is 10.0. The summed E-state index contributed by atoms with van der Waals surface area (Å²) in [6, 6.07) is 9.00. The van der Waals surface area contributed by atoms with Gasteiger partial charge in [-0.2, -0.15) is 0 Å². The minimum Gasteiger partial charge on any atom is -0.380 e. The highest BCUT2D eigenvalue weighted by atomic mass is 16.6. The molecule has 0 bridgehead atoms. The van der Waals surface area contributed by atoms with Crippen LogP contribution in [0.3, 0.4) is 0 Å². The smallest absolute Gasteiger partial charge is 0.293 e. The van der Waals surface area contributed by atoms with Crippen LogP contribution >= 0.6 is 0 Å². The molecule has 10 heteroatoms. The van der Waals surface area contributed by atoms with Crippen molar-refractivity contribution in [1.29, 1.82) is 0 Å². The van der Waals surface area contributed by atoms with Crippen LogP contribution in [-0.2, 0) is 0 Å². The van der Waals surface area contributed by atoms with E-state index in [1.54, 1.807) is 23.0 Å². The molecule has 4 aromatic rings. The summed E-state index contributed by atoms with van der Waals surface area (Å²) >= 11 is 0. The Morgan fingerprint density at radius 3 is 2.62 bits per heavy atom. The minimum absolute atomic E-state index is 0.00405. The molecule has 1 saturated heterocycles. The maximum absolute atomic E-state index is 13.1. The van der Waals surface area contributed by atoms with Gasteiger partial charge in [0.1, 0.15) is 17.8 Å². The van der Waals surface area contributed by atoms with Gasteiger partial charge in [0, 0.05) is 37.1 Å². The third-order valence-electron chi connectivity index (χ3n) is 6.39. The molecule has 0 atom stereocenters. The number of aryl methyl sites for hydroxylation is 1. The second-order valence-electron chi connectivity index (χ2n) is 8.57. The largest absolute Gasteiger partial charge is 0.380 e. The zero-order valence-electron chi connectivity index (χ0n) is 19.1. The number of anilines is 2. The first-order valence-electron chi connectivity index (χ1n) is 11.4. The van der Waals surface area contributed by atoms with E-state index < -0.39 is 0 Å². The van der Waals surface area contributed by atoms with Gasteiger partial charge in [0.25, 0.3) is 11.2 Å². The molecule has 0 radical (unpaired) electrons. The number of nitro groups is 1. The topological polar surface area (TPSA) is 119 Å². The van der Waals surface area contributed by atoms with Crippen LogP contribution < -0.4 is 15.8 Å². The molecular formula is C24H25N7O3. The lowest BCUT2D eigenvalue weighted by Gasteiger charge is -2.34. The van der Waals surface area contributed by atoms with Crippen molar-refractivity contribution in [2.75, 3.05) is 29.9 Å². The molecule has 0 spiro atoms. The van der Waals surface area contributed by atoms with E-state index in [1.165, 1.54) is 6.33 Å². The second kappa shape index (κ2) is 8.69. The van der Waals surface area contributed by atoms with Crippen molar-refractivity contribution in [3.8, 4) is 0 Å². The van der Waals surface area contributed by atoms with Crippen LogP contribution in [0.2, 0.25) is 0 Å². The van der Waals surface area contributed by atoms with E-state index in [0.717, 1.165) is 18.4 Å². The Bertz CT molecular complexity index is 1460. The Labute approximate surface area is 195 Å². The number of hydrogen-bond acceptors (Lipinski definition) is 8. The van der Waals surface area contributed by atoms with Gasteiger partial charge in [0.05, 0.1) is 27.7 Å². The SMILES string of the molecule is CCNc1cc2ncnc(N3CCC(n4cnc5ccc(C)cc5c4=O)CC3)c2cc1[N+](=O)[O-]. The normalized spacial score (nSPS) is 14.6. The van der Waals surface area contributed by atoms with Crippen molar-refractivity contribution in [3.63, 3.8) is 0 Å². The molecule has 10 nitrogen and oxygen atoms in total. The van der Waals surface area contributed by atoms with Gasteiger partial charge < -0.3 is 10.2 Å². The molecule has 0 saturated carbocycles. The number of piperidine rings is 1. The van der Waals surface area contributed by atoms with Gasteiger partial charge >= 0.3 is 0 Å². The number of nitrogens with zero attached hydrogens (tertiary/aromatic N) is 6. The number of fused-ring (bicyclic) bond motifs is 2. The van der Waals surface area contributed by atoms with Crippen LogP contribution in [0.25, 0.3) is 21.8 Å². The Morgan fingerprint density at radius 1 is 1.09 bits per heavy atom. The van der Waals surface area contributed by atoms with Crippen molar-refractivity contribution in [2.45, 2.75) is 32.7 Å². The number of aromatic nitrogens is 4.